The highest BCUT2D eigenvalue weighted by Gasteiger charge is 2.27. The molecule has 0 bridgehead atoms. The van der Waals surface area contributed by atoms with Crippen LogP contribution in [0.3, 0.4) is 0 Å². The van der Waals surface area contributed by atoms with Crippen LogP contribution in [-0.4, -0.2) is 22.0 Å². The van der Waals surface area contributed by atoms with E-state index in [2.05, 4.69) is 30.8 Å². The van der Waals surface area contributed by atoms with Crippen LogP contribution in [0.4, 0.5) is 0 Å². The van der Waals surface area contributed by atoms with Crippen molar-refractivity contribution < 1.29 is 4.79 Å². The fourth-order valence-corrected chi connectivity index (χ4v) is 3.09. The van der Waals surface area contributed by atoms with Crippen LogP contribution >= 0.6 is 27.3 Å². The second kappa shape index (κ2) is 5.46. The van der Waals surface area contributed by atoms with Crippen LogP contribution in [0.15, 0.2) is 28.3 Å². The van der Waals surface area contributed by atoms with E-state index in [1.807, 2.05) is 17.6 Å². The molecule has 0 aromatic carbocycles. The summed E-state index contributed by atoms with van der Waals surface area (Å²) in [7, 11) is 0. The quantitative estimate of drug-likeness (QED) is 0.910. The summed E-state index contributed by atoms with van der Waals surface area (Å²) in [5.74, 6) is -0.00541. The molecule has 0 radical (unpaired) electrons. The van der Waals surface area contributed by atoms with Crippen LogP contribution in [0.25, 0.3) is 0 Å². The topological polar surface area (TPSA) is 46.9 Å². The van der Waals surface area contributed by atoms with Gasteiger partial charge in [0.1, 0.15) is 5.69 Å². The predicted molar refractivity (Wildman–Crippen MR) is 78.6 cm³/mol. The van der Waals surface area contributed by atoms with Crippen LogP contribution in [0.1, 0.15) is 34.4 Å². The van der Waals surface area contributed by atoms with Crippen molar-refractivity contribution in [1.29, 1.82) is 0 Å². The van der Waals surface area contributed by atoms with Crippen LogP contribution in [0.2, 0.25) is 0 Å². The van der Waals surface area contributed by atoms with E-state index in [9.17, 15) is 4.79 Å². The Morgan fingerprint density at radius 3 is 3.11 bits per heavy atom. The summed E-state index contributed by atoms with van der Waals surface area (Å²) in [6.45, 7) is 0.625. The number of nitrogens with zero attached hydrogens (tertiary/aromatic N) is 2. The Hall–Kier alpha value is -1.14. The average Bonchev–Trinajstić information content (AvgIpc) is 2.96. The Balaban J connectivity index is 1.60. The van der Waals surface area contributed by atoms with Gasteiger partial charge in [-0.25, -0.2) is 4.98 Å². The van der Waals surface area contributed by atoms with Crippen LogP contribution in [0.5, 0.6) is 0 Å². The summed E-state index contributed by atoms with van der Waals surface area (Å²) in [6, 6.07) is 2.39. The smallest absolute Gasteiger partial charge is 0.267 e. The number of carbonyl (C=O) groups is 1. The van der Waals surface area contributed by atoms with E-state index in [1.54, 1.807) is 17.5 Å². The van der Waals surface area contributed by atoms with E-state index >= 15 is 0 Å². The number of halogens is 1. The Morgan fingerprint density at radius 2 is 2.42 bits per heavy atom. The van der Waals surface area contributed by atoms with Crippen molar-refractivity contribution in [2.75, 3.05) is 6.54 Å². The van der Waals surface area contributed by atoms with E-state index in [4.69, 9.17) is 0 Å². The maximum absolute atomic E-state index is 12.2. The summed E-state index contributed by atoms with van der Waals surface area (Å²) in [5.41, 5.74) is 0.744. The van der Waals surface area contributed by atoms with Gasteiger partial charge in [0.25, 0.3) is 5.91 Å². The summed E-state index contributed by atoms with van der Waals surface area (Å²) in [5, 5.41) is 5.97. The van der Waals surface area contributed by atoms with E-state index in [0.717, 1.165) is 21.6 Å². The second-order valence-electron chi connectivity index (χ2n) is 4.61. The van der Waals surface area contributed by atoms with Gasteiger partial charge in [-0.3, -0.25) is 4.79 Å². The molecular formula is C13H14BrN3OS. The Bertz CT molecular complexity index is 575. The highest BCUT2D eigenvalue weighted by atomic mass is 79.9. The lowest BCUT2D eigenvalue weighted by molar-refractivity contribution is 0.0944. The van der Waals surface area contributed by atoms with Gasteiger partial charge in [0.05, 0.1) is 5.01 Å². The fourth-order valence-electron chi connectivity index (χ4n) is 2.03. The predicted octanol–water partition coefficient (Wildman–Crippen LogP) is 3.01. The molecule has 19 heavy (non-hydrogen) atoms. The number of hydrogen-bond donors (Lipinski definition) is 1. The van der Waals surface area contributed by atoms with Gasteiger partial charge in [-0.15, -0.1) is 11.3 Å². The van der Waals surface area contributed by atoms with E-state index < -0.39 is 0 Å². The third kappa shape index (κ3) is 3.06. The van der Waals surface area contributed by atoms with E-state index in [1.165, 1.54) is 12.8 Å². The van der Waals surface area contributed by atoms with E-state index in [-0.39, 0.29) is 5.91 Å². The first-order valence-corrected chi connectivity index (χ1v) is 7.95. The number of hydrogen-bond acceptors (Lipinski definition) is 3. The van der Waals surface area contributed by atoms with Gasteiger partial charge in [0.15, 0.2) is 0 Å². The van der Waals surface area contributed by atoms with Crippen LogP contribution in [-0.2, 0) is 6.42 Å². The Kier molecular flexibility index (Phi) is 3.70. The van der Waals surface area contributed by atoms with Gasteiger partial charge < -0.3 is 9.88 Å². The average molecular weight is 340 g/mol. The Morgan fingerprint density at radius 1 is 1.58 bits per heavy atom. The molecule has 1 amide bonds. The third-order valence-corrected chi connectivity index (χ3v) is 4.37. The molecule has 1 fully saturated rings. The van der Waals surface area contributed by atoms with Crippen molar-refractivity contribution in [2.24, 2.45) is 0 Å². The molecule has 3 rings (SSSR count). The summed E-state index contributed by atoms with van der Waals surface area (Å²) >= 11 is 5.06. The molecule has 0 spiro atoms. The van der Waals surface area contributed by atoms with Gasteiger partial charge >= 0.3 is 0 Å². The normalized spacial score (nSPS) is 14.6. The molecule has 1 N–H and O–H groups in total. The van der Waals surface area contributed by atoms with Crippen LogP contribution in [0, 0.1) is 0 Å². The van der Waals surface area contributed by atoms with E-state index in [0.29, 0.717) is 12.6 Å². The van der Waals surface area contributed by atoms with Crippen molar-refractivity contribution >= 4 is 33.2 Å². The van der Waals surface area contributed by atoms with Gasteiger partial charge in [-0.05, 0) is 34.8 Å². The van der Waals surface area contributed by atoms with Crippen molar-refractivity contribution in [3.63, 3.8) is 0 Å². The third-order valence-electron chi connectivity index (χ3n) is 3.10. The largest absolute Gasteiger partial charge is 0.350 e. The number of thiazole rings is 1. The van der Waals surface area contributed by atoms with Crippen molar-refractivity contribution in [3.8, 4) is 0 Å². The zero-order valence-corrected chi connectivity index (χ0v) is 12.7. The van der Waals surface area contributed by atoms with Gasteiger partial charge in [-0.1, -0.05) is 0 Å². The summed E-state index contributed by atoms with van der Waals surface area (Å²) < 4.78 is 3.03. The van der Waals surface area contributed by atoms with Crippen molar-refractivity contribution in [2.45, 2.75) is 25.3 Å². The number of carbonyl (C=O) groups excluding carboxylic acids is 1. The van der Waals surface area contributed by atoms with Crippen LogP contribution < -0.4 is 5.32 Å². The number of rotatable bonds is 5. The monoisotopic (exact) mass is 339 g/mol. The number of nitrogens with one attached hydrogen (secondary N) is 1. The second-order valence-corrected chi connectivity index (χ2v) is 6.51. The van der Waals surface area contributed by atoms with Gasteiger partial charge in [0.2, 0.25) is 0 Å². The summed E-state index contributed by atoms with van der Waals surface area (Å²) in [6.07, 6.45) is 6.90. The zero-order chi connectivity index (χ0) is 13.2. The van der Waals surface area contributed by atoms with Gasteiger partial charge in [-0.2, -0.15) is 0 Å². The molecule has 1 aliphatic rings. The van der Waals surface area contributed by atoms with Crippen molar-refractivity contribution in [3.05, 3.63) is 39.0 Å². The lowest BCUT2D eigenvalue weighted by Crippen LogP contribution is -2.27. The SMILES string of the molecule is O=C(NCCc1nccs1)c1cc(Br)cn1C1CC1. The molecule has 0 unspecified atom stereocenters. The molecule has 0 aliphatic heterocycles. The molecule has 4 nitrogen and oxygen atoms in total. The lowest BCUT2D eigenvalue weighted by Gasteiger charge is -2.07. The maximum Gasteiger partial charge on any atom is 0.267 e. The standard InChI is InChI=1S/C13H14BrN3OS/c14-9-7-11(17(8-9)10-1-2-10)13(18)16-4-3-12-15-5-6-19-12/h5-8,10H,1-4H2,(H,16,18). The van der Waals surface area contributed by atoms with Crippen molar-refractivity contribution in [1.82, 2.24) is 14.9 Å². The first kappa shape index (κ1) is 12.9. The lowest BCUT2D eigenvalue weighted by atomic mass is 10.3. The Labute approximate surface area is 124 Å². The highest BCUT2D eigenvalue weighted by Crippen LogP contribution is 2.37. The minimum Gasteiger partial charge on any atom is -0.350 e. The first-order valence-electron chi connectivity index (χ1n) is 6.28. The highest BCUT2D eigenvalue weighted by molar-refractivity contribution is 9.10. The molecule has 2 aromatic rings. The number of amides is 1. The molecule has 1 saturated carbocycles. The van der Waals surface area contributed by atoms with Gasteiger partial charge in [0, 0.05) is 41.3 Å². The molecule has 2 aromatic heterocycles. The number of aromatic nitrogens is 2. The minimum atomic E-state index is -0.00541. The molecular weight excluding hydrogens is 326 g/mol. The summed E-state index contributed by atoms with van der Waals surface area (Å²) in [4.78, 5) is 16.4. The molecule has 2 heterocycles. The molecule has 100 valence electrons. The fraction of sp³-hybridized carbons (Fsp3) is 0.385. The maximum atomic E-state index is 12.2. The first-order chi connectivity index (χ1) is 9.24. The molecule has 0 atom stereocenters. The molecule has 0 saturated heterocycles. The molecule has 1 aliphatic carbocycles. The minimum absolute atomic E-state index is 0.00541. The molecule has 6 heteroatoms. The zero-order valence-electron chi connectivity index (χ0n) is 10.3.